The number of rotatable bonds is 5. The molecule has 2 aromatic heterocycles. The van der Waals surface area contributed by atoms with Crippen LogP contribution in [-0.4, -0.2) is 21.9 Å². The summed E-state index contributed by atoms with van der Waals surface area (Å²) in [5, 5.41) is 6.05. The van der Waals surface area contributed by atoms with Crippen molar-refractivity contribution in [2.45, 2.75) is 26.4 Å². The molecule has 0 aliphatic rings. The van der Waals surface area contributed by atoms with Crippen LogP contribution in [0.2, 0.25) is 0 Å². The lowest BCUT2D eigenvalue weighted by Gasteiger charge is -2.09. The Morgan fingerprint density at radius 3 is 2.55 bits per heavy atom. The molecule has 2 heterocycles. The maximum Gasteiger partial charge on any atom is 0.270 e. The third kappa shape index (κ3) is 4.05. The first kappa shape index (κ1) is 14.0. The Balaban J connectivity index is 1.93. The van der Waals surface area contributed by atoms with E-state index in [1.807, 2.05) is 32.0 Å². The highest BCUT2D eigenvalue weighted by atomic mass is 16.1. The monoisotopic (exact) mass is 270 g/mol. The van der Waals surface area contributed by atoms with Crippen molar-refractivity contribution in [3.8, 4) is 0 Å². The second-order valence-electron chi connectivity index (χ2n) is 4.77. The molecule has 2 N–H and O–H groups in total. The molecule has 0 spiro atoms. The van der Waals surface area contributed by atoms with Gasteiger partial charge in [0, 0.05) is 25.0 Å². The highest BCUT2D eigenvalue weighted by molar-refractivity contribution is 5.92. The van der Waals surface area contributed by atoms with Gasteiger partial charge in [0.05, 0.1) is 11.9 Å². The summed E-state index contributed by atoms with van der Waals surface area (Å²) in [7, 11) is 0. The predicted molar refractivity (Wildman–Crippen MR) is 78.4 cm³/mol. The number of nitrogens with one attached hydrogen (secondary N) is 2. The summed E-state index contributed by atoms with van der Waals surface area (Å²) in [6.45, 7) is 4.53. The van der Waals surface area contributed by atoms with E-state index in [9.17, 15) is 4.79 Å². The van der Waals surface area contributed by atoms with Crippen LogP contribution in [0.4, 0.5) is 5.69 Å². The molecule has 0 aliphatic carbocycles. The molecule has 0 saturated carbocycles. The Labute approximate surface area is 118 Å². The van der Waals surface area contributed by atoms with E-state index in [2.05, 4.69) is 20.6 Å². The van der Waals surface area contributed by atoms with Gasteiger partial charge in [0.1, 0.15) is 5.69 Å². The number of hydrogen-bond acceptors (Lipinski definition) is 4. The van der Waals surface area contributed by atoms with Crippen molar-refractivity contribution in [2.24, 2.45) is 0 Å². The second kappa shape index (κ2) is 6.65. The van der Waals surface area contributed by atoms with Crippen molar-refractivity contribution in [1.82, 2.24) is 15.3 Å². The molecule has 0 aliphatic heterocycles. The third-order valence-corrected chi connectivity index (χ3v) is 2.66. The van der Waals surface area contributed by atoms with Crippen LogP contribution in [0.1, 0.15) is 29.9 Å². The van der Waals surface area contributed by atoms with Crippen molar-refractivity contribution >= 4 is 11.6 Å². The van der Waals surface area contributed by atoms with Gasteiger partial charge in [-0.2, -0.15) is 0 Å². The summed E-state index contributed by atoms with van der Waals surface area (Å²) in [6, 6.07) is 7.57. The number of nitrogens with zero attached hydrogens (tertiary/aromatic N) is 2. The Morgan fingerprint density at radius 2 is 1.95 bits per heavy atom. The van der Waals surface area contributed by atoms with E-state index < -0.39 is 0 Å². The minimum Gasteiger partial charge on any atom is -0.380 e. The lowest BCUT2D eigenvalue weighted by Crippen LogP contribution is -2.30. The van der Waals surface area contributed by atoms with Gasteiger partial charge >= 0.3 is 0 Å². The van der Waals surface area contributed by atoms with Gasteiger partial charge in [-0.15, -0.1) is 0 Å². The molecule has 0 aromatic carbocycles. The Morgan fingerprint density at radius 1 is 1.20 bits per heavy atom. The molecule has 0 fully saturated rings. The maximum absolute atomic E-state index is 11.7. The van der Waals surface area contributed by atoms with Crippen molar-refractivity contribution in [3.63, 3.8) is 0 Å². The molecule has 5 nitrogen and oxygen atoms in total. The highest BCUT2D eigenvalue weighted by Gasteiger charge is 2.07. The predicted octanol–water partition coefficient (Wildman–Crippen LogP) is 2.23. The van der Waals surface area contributed by atoms with Crippen molar-refractivity contribution in [2.75, 3.05) is 5.32 Å². The average Bonchev–Trinajstić information content (AvgIpc) is 2.46. The van der Waals surface area contributed by atoms with E-state index in [1.165, 1.54) is 0 Å². The molecule has 5 heteroatoms. The minimum absolute atomic E-state index is 0.105. The molecule has 104 valence electrons. The largest absolute Gasteiger partial charge is 0.380 e. The van der Waals surface area contributed by atoms with Gasteiger partial charge in [-0.1, -0.05) is 0 Å². The number of carbonyl (C=O) groups excluding carboxylic acids is 1. The molecule has 0 bridgehead atoms. The number of carbonyl (C=O) groups is 1. The number of hydrogen-bond donors (Lipinski definition) is 2. The summed E-state index contributed by atoms with van der Waals surface area (Å²) in [4.78, 5) is 19.9. The first-order valence-corrected chi connectivity index (χ1v) is 6.55. The zero-order chi connectivity index (χ0) is 14.4. The first-order valence-electron chi connectivity index (χ1n) is 6.55. The zero-order valence-electron chi connectivity index (χ0n) is 11.6. The van der Waals surface area contributed by atoms with Crippen LogP contribution >= 0.6 is 0 Å². The standard InChI is InChI=1S/C15H18N4O/c1-11(2)19-15(20)14-4-3-13(10-18-14)17-9-12-5-7-16-8-6-12/h3-8,10-11,17H,9H2,1-2H3,(H,19,20). The third-order valence-electron chi connectivity index (χ3n) is 2.66. The zero-order valence-corrected chi connectivity index (χ0v) is 11.6. The van der Waals surface area contributed by atoms with Gasteiger partial charge in [0.2, 0.25) is 0 Å². The number of anilines is 1. The summed E-state index contributed by atoms with van der Waals surface area (Å²) >= 11 is 0. The van der Waals surface area contributed by atoms with Crippen molar-refractivity contribution in [3.05, 3.63) is 54.1 Å². The fourth-order valence-electron chi connectivity index (χ4n) is 1.67. The number of pyridine rings is 2. The van der Waals surface area contributed by atoms with Gasteiger partial charge in [-0.3, -0.25) is 9.78 Å². The average molecular weight is 270 g/mol. The van der Waals surface area contributed by atoms with Crippen LogP contribution in [0, 0.1) is 0 Å². The number of aromatic nitrogens is 2. The van der Waals surface area contributed by atoms with Gasteiger partial charge < -0.3 is 10.6 Å². The lowest BCUT2D eigenvalue weighted by atomic mass is 10.2. The van der Waals surface area contributed by atoms with E-state index in [1.54, 1.807) is 24.7 Å². The van der Waals surface area contributed by atoms with Gasteiger partial charge in [0.25, 0.3) is 5.91 Å². The van der Waals surface area contributed by atoms with Gasteiger partial charge in [0.15, 0.2) is 0 Å². The van der Waals surface area contributed by atoms with Crippen LogP contribution in [0.25, 0.3) is 0 Å². The SMILES string of the molecule is CC(C)NC(=O)c1ccc(NCc2ccncc2)cn1. The van der Waals surface area contributed by atoms with Crippen LogP contribution in [0.15, 0.2) is 42.9 Å². The Hall–Kier alpha value is -2.43. The van der Waals surface area contributed by atoms with E-state index in [4.69, 9.17) is 0 Å². The van der Waals surface area contributed by atoms with Gasteiger partial charge in [-0.05, 0) is 43.7 Å². The molecule has 0 atom stereocenters. The quantitative estimate of drug-likeness (QED) is 0.874. The van der Waals surface area contributed by atoms with Crippen LogP contribution < -0.4 is 10.6 Å². The maximum atomic E-state index is 11.7. The molecular formula is C15H18N4O. The summed E-state index contributed by atoms with van der Waals surface area (Å²) in [5.41, 5.74) is 2.44. The van der Waals surface area contributed by atoms with Gasteiger partial charge in [-0.25, -0.2) is 4.98 Å². The van der Waals surface area contributed by atoms with Crippen LogP contribution in [0.5, 0.6) is 0 Å². The van der Waals surface area contributed by atoms with Crippen molar-refractivity contribution in [1.29, 1.82) is 0 Å². The lowest BCUT2D eigenvalue weighted by molar-refractivity contribution is 0.0938. The smallest absolute Gasteiger partial charge is 0.270 e. The number of amides is 1. The molecule has 1 amide bonds. The van der Waals surface area contributed by atoms with E-state index in [0.717, 1.165) is 11.3 Å². The summed E-state index contributed by atoms with van der Waals surface area (Å²) in [6.07, 6.45) is 5.18. The normalized spacial score (nSPS) is 10.3. The van der Waals surface area contributed by atoms with E-state index >= 15 is 0 Å². The first-order chi connectivity index (χ1) is 9.65. The fourth-order valence-corrected chi connectivity index (χ4v) is 1.67. The minimum atomic E-state index is -0.152. The van der Waals surface area contributed by atoms with Crippen molar-refractivity contribution < 1.29 is 4.79 Å². The second-order valence-corrected chi connectivity index (χ2v) is 4.77. The summed E-state index contributed by atoms with van der Waals surface area (Å²) < 4.78 is 0. The van der Waals surface area contributed by atoms with Crippen LogP contribution in [-0.2, 0) is 6.54 Å². The molecule has 0 radical (unpaired) electrons. The molecule has 2 rings (SSSR count). The van der Waals surface area contributed by atoms with E-state index in [-0.39, 0.29) is 11.9 Å². The van der Waals surface area contributed by atoms with E-state index in [0.29, 0.717) is 12.2 Å². The molecule has 0 unspecified atom stereocenters. The molecule has 0 saturated heterocycles. The van der Waals surface area contributed by atoms with Crippen LogP contribution in [0.3, 0.4) is 0 Å². The Kier molecular flexibility index (Phi) is 4.65. The Bertz CT molecular complexity index is 552. The molecule has 2 aromatic rings. The topological polar surface area (TPSA) is 66.9 Å². The molecule has 20 heavy (non-hydrogen) atoms. The fraction of sp³-hybridized carbons (Fsp3) is 0.267. The highest BCUT2D eigenvalue weighted by Crippen LogP contribution is 2.08. The summed E-state index contributed by atoms with van der Waals surface area (Å²) in [5.74, 6) is -0.152. The molecular weight excluding hydrogens is 252 g/mol.